The minimum atomic E-state index is -1.80. The largest absolute Gasteiger partial charge is 0.480 e. The van der Waals surface area contributed by atoms with E-state index < -0.39 is 41.8 Å². The van der Waals surface area contributed by atoms with E-state index in [9.17, 15) is 29.0 Å². The molecule has 33 heavy (non-hydrogen) atoms. The van der Waals surface area contributed by atoms with Crippen LogP contribution in [0, 0.1) is 5.82 Å². The van der Waals surface area contributed by atoms with Gasteiger partial charge in [0.25, 0.3) is 11.8 Å². The molecule has 7 nitrogen and oxygen atoms in total. The zero-order valence-electron chi connectivity index (χ0n) is 17.5. The molecule has 3 aromatic carbocycles. The molecule has 3 atom stereocenters. The number of aliphatic carboxylic acids is 1. The van der Waals surface area contributed by atoms with Crippen molar-refractivity contribution >= 4 is 17.8 Å². The van der Waals surface area contributed by atoms with Crippen LogP contribution in [-0.2, 0) is 16.0 Å². The van der Waals surface area contributed by atoms with Gasteiger partial charge in [-0.05, 0) is 29.3 Å². The number of benzene rings is 3. The maximum atomic E-state index is 14.0. The fourth-order valence-corrected chi connectivity index (χ4v) is 3.31. The monoisotopic (exact) mass is 450 g/mol. The number of hydrogen-bond acceptors (Lipinski definition) is 4. The number of halogens is 1. The maximum Gasteiger partial charge on any atom is 0.326 e. The van der Waals surface area contributed by atoms with Crippen molar-refractivity contribution in [3.63, 3.8) is 0 Å². The summed E-state index contributed by atoms with van der Waals surface area (Å²) in [6.07, 6.45) is -2.12. The Morgan fingerprint density at radius 3 is 2.00 bits per heavy atom. The average Bonchev–Trinajstić information content (AvgIpc) is 2.83. The molecular weight excluding hydrogens is 427 g/mol. The summed E-state index contributed by atoms with van der Waals surface area (Å²) in [5, 5.41) is 25.2. The molecule has 8 heteroatoms. The molecule has 0 heterocycles. The lowest BCUT2D eigenvalue weighted by molar-refractivity contribution is -0.143. The number of aliphatic hydroxyl groups is 1. The van der Waals surface area contributed by atoms with Gasteiger partial charge in [-0.2, -0.15) is 0 Å². The molecule has 0 spiro atoms. The first-order valence-corrected chi connectivity index (χ1v) is 10.2. The quantitative estimate of drug-likeness (QED) is 0.400. The van der Waals surface area contributed by atoms with Crippen LogP contribution in [0.2, 0.25) is 0 Å². The zero-order valence-corrected chi connectivity index (χ0v) is 17.5. The number of carbonyl (C=O) groups excluding carboxylic acids is 2. The molecule has 0 radical (unpaired) electrons. The number of carboxylic acid groups (broad SMARTS) is 1. The van der Waals surface area contributed by atoms with Crippen LogP contribution in [0.3, 0.4) is 0 Å². The van der Waals surface area contributed by atoms with Crippen LogP contribution in [0.5, 0.6) is 0 Å². The molecule has 0 saturated carbocycles. The Morgan fingerprint density at radius 2 is 1.39 bits per heavy atom. The summed E-state index contributed by atoms with van der Waals surface area (Å²) in [5.74, 6) is -3.52. The summed E-state index contributed by atoms with van der Waals surface area (Å²) in [5.41, 5.74) is 0.885. The molecule has 3 aromatic rings. The lowest BCUT2D eigenvalue weighted by atomic mass is 9.99. The second-order valence-electron chi connectivity index (χ2n) is 7.37. The summed E-state index contributed by atoms with van der Waals surface area (Å²) in [6.45, 7) is 0. The Balaban J connectivity index is 1.79. The summed E-state index contributed by atoms with van der Waals surface area (Å²) in [4.78, 5) is 37.2. The van der Waals surface area contributed by atoms with E-state index in [1.165, 1.54) is 18.2 Å². The lowest BCUT2D eigenvalue weighted by Gasteiger charge is -2.25. The first-order valence-electron chi connectivity index (χ1n) is 10.2. The molecule has 2 amide bonds. The van der Waals surface area contributed by atoms with Gasteiger partial charge in [-0.3, -0.25) is 9.59 Å². The number of nitrogens with one attached hydrogen (secondary N) is 2. The van der Waals surface area contributed by atoms with Crippen molar-refractivity contribution in [3.8, 4) is 0 Å². The van der Waals surface area contributed by atoms with Gasteiger partial charge in [-0.1, -0.05) is 66.7 Å². The highest BCUT2D eigenvalue weighted by Gasteiger charge is 2.32. The van der Waals surface area contributed by atoms with E-state index >= 15 is 0 Å². The third-order valence-electron chi connectivity index (χ3n) is 5.06. The summed E-state index contributed by atoms with van der Waals surface area (Å²) < 4.78 is 14.0. The van der Waals surface area contributed by atoms with Crippen molar-refractivity contribution in [3.05, 3.63) is 107 Å². The first-order chi connectivity index (χ1) is 15.9. The summed E-state index contributed by atoms with van der Waals surface area (Å²) in [7, 11) is 0. The van der Waals surface area contributed by atoms with E-state index in [0.29, 0.717) is 11.1 Å². The fourth-order valence-electron chi connectivity index (χ4n) is 3.31. The topological polar surface area (TPSA) is 116 Å². The van der Waals surface area contributed by atoms with Crippen LogP contribution in [0.4, 0.5) is 4.39 Å². The molecule has 170 valence electrons. The highest BCUT2D eigenvalue weighted by Crippen LogP contribution is 2.19. The summed E-state index contributed by atoms with van der Waals surface area (Å²) >= 11 is 0. The van der Waals surface area contributed by atoms with Gasteiger partial charge in [0.2, 0.25) is 0 Å². The molecule has 0 aromatic heterocycles. The third kappa shape index (κ3) is 6.24. The molecule has 0 aliphatic carbocycles. The predicted molar refractivity (Wildman–Crippen MR) is 119 cm³/mol. The van der Waals surface area contributed by atoms with Crippen LogP contribution in [0.25, 0.3) is 0 Å². The smallest absolute Gasteiger partial charge is 0.326 e. The van der Waals surface area contributed by atoms with Gasteiger partial charge in [0.1, 0.15) is 11.9 Å². The SMILES string of the molecule is O=C(N[C@@H](c1ccccc1)[C@@H](O)C(=O)N[C@@H](Cc1ccccc1F)C(=O)O)c1ccccc1. The van der Waals surface area contributed by atoms with Crippen molar-refractivity contribution in [2.24, 2.45) is 0 Å². The molecule has 4 N–H and O–H groups in total. The van der Waals surface area contributed by atoms with Crippen molar-refractivity contribution < 1.29 is 29.0 Å². The van der Waals surface area contributed by atoms with Gasteiger partial charge in [-0.25, -0.2) is 9.18 Å². The Hall–Kier alpha value is -4.04. The Morgan fingerprint density at radius 1 is 0.818 bits per heavy atom. The number of carbonyl (C=O) groups is 3. The maximum absolute atomic E-state index is 14.0. The van der Waals surface area contributed by atoms with Gasteiger partial charge in [0.05, 0.1) is 6.04 Å². The average molecular weight is 450 g/mol. The molecule has 0 aliphatic rings. The van der Waals surface area contributed by atoms with Crippen molar-refractivity contribution in [1.82, 2.24) is 10.6 Å². The van der Waals surface area contributed by atoms with E-state index in [1.54, 1.807) is 66.7 Å². The van der Waals surface area contributed by atoms with Crippen LogP contribution in [0.1, 0.15) is 27.5 Å². The zero-order chi connectivity index (χ0) is 23.8. The molecular formula is C25H23FN2O5. The highest BCUT2D eigenvalue weighted by molar-refractivity contribution is 5.95. The molecule has 3 rings (SSSR count). The molecule has 0 fully saturated rings. The van der Waals surface area contributed by atoms with Gasteiger partial charge in [-0.15, -0.1) is 0 Å². The lowest BCUT2D eigenvalue weighted by Crippen LogP contribution is -2.50. The first kappa shape index (κ1) is 23.6. The van der Waals surface area contributed by atoms with Gasteiger partial charge in [0, 0.05) is 12.0 Å². The number of amides is 2. The minimum Gasteiger partial charge on any atom is -0.480 e. The van der Waals surface area contributed by atoms with Crippen molar-refractivity contribution in [1.29, 1.82) is 0 Å². The predicted octanol–water partition coefficient (Wildman–Crippen LogP) is 2.47. The fraction of sp³-hybridized carbons (Fsp3) is 0.160. The standard InChI is InChI=1S/C25H23FN2O5/c26-19-14-8-7-13-18(19)15-20(25(32)33)27-24(31)22(29)21(16-9-3-1-4-10-16)28-23(30)17-11-5-2-6-12-17/h1-14,20-22,29H,15H2,(H,27,31)(H,28,30)(H,32,33)/t20-,21-,22+/m0/s1. The molecule has 0 saturated heterocycles. The molecule has 0 bridgehead atoms. The minimum absolute atomic E-state index is 0.108. The second-order valence-corrected chi connectivity index (χ2v) is 7.37. The number of carboxylic acids is 1. The van der Waals surface area contributed by atoms with E-state index in [0.717, 1.165) is 0 Å². The normalized spacial score (nSPS) is 13.4. The second kappa shape index (κ2) is 11.0. The van der Waals surface area contributed by atoms with Gasteiger partial charge < -0.3 is 20.8 Å². The van der Waals surface area contributed by atoms with Gasteiger partial charge >= 0.3 is 5.97 Å². The van der Waals surface area contributed by atoms with Crippen LogP contribution < -0.4 is 10.6 Å². The number of aliphatic hydroxyl groups excluding tert-OH is 1. The molecule has 0 aliphatic heterocycles. The van der Waals surface area contributed by atoms with Crippen molar-refractivity contribution in [2.45, 2.75) is 24.6 Å². The van der Waals surface area contributed by atoms with E-state index in [-0.39, 0.29) is 12.0 Å². The number of hydrogen-bond donors (Lipinski definition) is 4. The van der Waals surface area contributed by atoms with E-state index in [1.807, 2.05) is 0 Å². The van der Waals surface area contributed by atoms with Gasteiger partial charge in [0.15, 0.2) is 6.10 Å². The summed E-state index contributed by atoms with van der Waals surface area (Å²) in [6, 6.07) is 19.6. The van der Waals surface area contributed by atoms with Crippen LogP contribution in [-0.4, -0.2) is 40.1 Å². The Bertz CT molecular complexity index is 1110. The third-order valence-corrected chi connectivity index (χ3v) is 5.06. The number of rotatable bonds is 9. The van der Waals surface area contributed by atoms with E-state index in [4.69, 9.17) is 0 Å². The van der Waals surface area contributed by atoms with Crippen LogP contribution in [0.15, 0.2) is 84.9 Å². The Kier molecular flexibility index (Phi) is 7.88. The van der Waals surface area contributed by atoms with Crippen molar-refractivity contribution in [2.75, 3.05) is 0 Å². The Labute approximate surface area is 189 Å². The highest BCUT2D eigenvalue weighted by atomic mass is 19.1. The molecule has 0 unspecified atom stereocenters. The van der Waals surface area contributed by atoms with E-state index in [2.05, 4.69) is 10.6 Å². The van der Waals surface area contributed by atoms with Crippen LogP contribution >= 0.6 is 0 Å².